The van der Waals surface area contributed by atoms with Crippen molar-refractivity contribution in [2.24, 2.45) is 5.41 Å². The third-order valence-corrected chi connectivity index (χ3v) is 4.50. The van der Waals surface area contributed by atoms with Crippen molar-refractivity contribution in [1.82, 2.24) is 15.6 Å². The number of nitrogens with zero attached hydrogens (tertiary/aromatic N) is 1. The molecule has 1 aliphatic heterocycles. The average molecular weight is 267 g/mol. The van der Waals surface area contributed by atoms with Crippen molar-refractivity contribution in [3.05, 3.63) is 16.6 Å². The number of carbonyl (C=O) groups is 1. The predicted molar refractivity (Wildman–Crippen MR) is 73.5 cm³/mol. The number of carbonyl (C=O) groups excluding carboxylic acids is 1. The number of nitrogens with one attached hydrogen (secondary N) is 2. The maximum absolute atomic E-state index is 12.4. The third-order valence-electron chi connectivity index (χ3n) is 3.61. The predicted octanol–water partition coefficient (Wildman–Crippen LogP) is 2.10. The summed E-state index contributed by atoms with van der Waals surface area (Å²) in [5.41, 5.74) is -0.275. The van der Waals surface area contributed by atoms with Crippen molar-refractivity contribution in [2.75, 3.05) is 13.1 Å². The topological polar surface area (TPSA) is 54.0 Å². The van der Waals surface area contributed by atoms with Crippen molar-refractivity contribution >= 4 is 17.2 Å². The van der Waals surface area contributed by atoms with Crippen molar-refractivity contribution in [1.29, 1.82) is 0 Å². The largest absolute Gasteiger partial charge is 0.346 e. The lowest BCUT2D eigenvalue weighted by molar-refractivity contribution is -0.131. The minimum Gasteiger partial charge on any atom is -0.346 e. The molecule has 4 nitrogen and oxygen atoms in total. The number of amides is 1. The first-order chi connectivity index (χ1) is 8.65. The van der Waals surface area contributed by atoms with Gasteiger partial charge in [0.25, 0.3) is 0 Å². The molecule has 100 valence electrons. The van der Waals surface area contributed by atoms with Crippen LogP contribution in [0.15, 0.2) is 11.6 Å². The number of aromatic nitrogens is 1. The van der Waals surface area contributed by atoms with Crippen LogP contribution in [0, 0.1) is 5.41 Å². The molecule has 1 aromatic rings. The second-order valence-electron chi connectivity index (χ2n) is 5.15. The van der Waals surface area contributed by atoms with E-state index in [1.165, 1.54) is 0 Å². The van der Waals surface area contributed by atoms with Gasteiger partial charge in [-0.1, -0.05) is 6.92 Å². The molecule has 1 saturated heterocycles. The standard InChI is InChI=1S/C13H21N3OS/c1-3-10(11-15-7-8-18-11)16-12(17)13(2)5-4-6-14-9-13/h7-8,10,14H,3-6,9H2,1-2H3,(H,16,17). The van der Waals surface area contributed by atoms with E-state index in [1.807, 2.05) is 12.3 Å². The average Bonchev–Trinajstić information content (AvgIpc) is 2.90. The summed E-state index contributed by atoms with van der Waals surface area (Å²) in [5.74, 6) is 0.150. The van der Waals surface area contributed by atoms with Crippen LogP contribution in [0.2, 0.25) is 0 Å². The normalized spacial score (nSPS) is 25.7. The van der Waals surface area contributed by atoms with Crippen molar-refractivity contribution in [3.63, 3.8) is 0 Å². The van der Waals surface area contributed by atoms with Crippen LogP contribution >= 0.6 is 11.3 Å². The van der Waals surface area contributed by atoms with Crippen LogP contribution in [0.3, 0.4) is 0 Å². The van der Waals surface area contributed by atoms with Gasteiger partial charge in [-0.3, -0.25) is 4.79 Å². The Morgan fingerprint density at radius 2 is 2.56 bits per heavy atom. The fourth-order valence-corrected chi connectivity index (χ4v) is 3.10. The van der Waals surface area contributed by atoms with Gasteiger partial charge in [-0.2, -0.15) is 0 Å². The van der Waals surface area contributed by atoms with Gasteiger partial charge in [0.05, 0.1) is 11.5 Å². The van der Waals surface area contributed by atoms with Crippen LogP contribution in [0.1, 0.15) is 44.2 Å². The number of hydrogen-bond donors (Lipinski definition) is 2. The molecule has 0 aromatic carbocycles. The molecule has 18 heavy (non-hydrogen) atoms. The van der Waals surface area contributed by atoms with Gasteiger partial charge in [0.15, 0.2) is 0 Å². The molecule has 1 amide bonds. The van der Waals surface area contributed by atoms with Gasteiger partial charge in [0.1, 0.15) is 5.01 Å². The second-order valence-corrected chi connectivity index (χ2v) is 6.07. The van der Waals surface area contributed by atoms with Gasteiger partial charge in [0.2, 0.25) is 5.91 Å². The zero-order valence-electron chi connectivity index (χ0n) is 11.0. The molecule has 2 atom stereocenters. The monoisotopic (exact) mass is 267 g/mol. The zero-order valence-corrected chi connectivity index (χ0v) is 11.8. The van der Waals surface area contributed by atoms with Crippen molar-refractivity contribution in [3.8, 4) is 0 Å². The summed E-state index contributed by atoms with van der Waals surface area (Å²) in [6, 6.07) is 0.0521. The third kappa shape index (κ3) is 2.90. The van der Waals surface area contributed by atoms with E-state index < -0.39 is 0 Å². The summed E-state index contributed by atoms with van der Waals surface area (Å²) in [4.78, 5) is 16.7. The molecular weight excluding hydrogens is 246 g/mol. The van der Waals surface area contributed by atoms with E-state index in [1.54, 1.807) is 17.5 Å². The molecule has 1 aromatic heterocycles. The summed E-state index contributed by atoms with van der Waals surface area (Å²) in [5, 5.41) is 9.41. The van der Waals surface area contributed by atoms with E-state index in [-0.39, 0.29) is 17.4 Å². The molecule has 1 aliphatic rings. The zero-order chi connectivity index (χ0) is 13.0. The highest BCUT2D eigenvalue weighted by atomic mass is 32.1. The second kappa shape index (κ2) is 5.80. The van der Waals surface area contributed by atoms with Gasteiger partial charge in [-0.05, 0) is 32.7 Å². The summed E-state index contributed by atoms with van der Waals surface area (Å²) in [7, 11) is 0. The molecule has 1 fully saturated rings. The Morgan fingerprint density at radius 1 is 1.72 bits per heavy atom. The summed E-state index contributed by atoms with van der Waals surface area (Å²) in [6.45, 7) is 5.91. The molecule has 0 spiro atoms. The quantitative estimate of drug-likeness (QED) is 0.878. The Kier molecular flexibility index (Phi) is 4.35. The smallest absolute Gasteiger partial charge is 0.227 e. The maximum atomic E-state index is 12.4. The lowest BCUT2D eigenvalue weighted by Crippen LogP contribution is -2.49. The van der Waals surface area contributed by atoms with Crippen LogP contribution in [0.25, 0.3) is 0 Å². The van der Waals surface area contributed by atoms with Crippen LogP contribution in [-0.4, -0.2) is 24.0 Å². The van der Waals surface area contributed by atoms with Crippen molar-refractivity contribution < 1.29 is 4.79 Å². The molecule has 0 bridgehead atoms. The molecule has 2 rings (SSSR count). The SMILES string of the molecule is CCC(NC(=O)C1(C)CCCNC1)c1nccs1. The van der Waals surface area contributed by atoms with Crippen LogP contribution < -0.4 is 10.6 Å². The minimum absolute atomic E-state index is 0.0521. The molecule has 2 N–H and O–H groups in total. The summed E-state index contributed by atoms with van der Waals surface area (Å²) >= 11 is 1.60. The Hall–Kier alpha value is -0.940. The highest BCUT2D eigenvalue weighted by molar-refractivity contribution is 7.09. The summed E-state index contributed by atoms with van der Waals surface area (Å²) < 4.78 is 0. The van der Waals surface area contributed by atoms with Crippen LogP contribution in [-0.2, 0) is 4.79 Å². The molecule has 2 unspecified atom stereocenters. The molecule has 0 aliphatic carbocycles. The fraction of sp³-hybridized carbons (Fsp3) is 0.692. The van der Waals surface area contributed by atoms with Gasteiger partial charge >= 0.3 is 0 Å². The first kappa shape index (κ1) is 13.5. The molecule has 2 heterocycles. The van der Waals surface area contributed by atoms with Crippen LogP contribution in [0.4, 0.5) is 0 Å². The molecule has 5 heteroatoms. The maximum Gasteiger partial charge on any atom is 0.227 e. The van der Waals surface area contributed by atoms with Gasteiger partial charge in [0, 0.05) is 18.1 Å². The Labute approximate surface area is 112 Å². The number of hydrogen-bond acceptors (Lipinski definition) is 4. The molecule has 0 radical (unpaired) electrons. The van der Waals surface area contributed by atoms with Crippen LogP contribution in [0.5, 0.6) is 0 Å². The minimum atomic E-state index is -0.275. The van der Waals surface area contributed by atoms with Gasteiger partial charge in [-0.25, -0.2) is 4.98 Å². The van der Waals surface area contributed by atoms with Crippen molar-refractivity contribution in [2.45, 2.75) is 39.2 Å². The molecular formula is C13H21N3OS. The Morgan fingerprint density at radius 3 is 3.11 bits per heavy atom. The fourth-order valence-electron chi connectivity index (χ4n) is 2.33. The highest BCUT2D eigenvalue weighted by Crippen LogP contribution is 2.28. The van der Waals surface area contributed by atoms with E-state index in [0.29, 0.717) is 0 Å². The Balaban J connectivity index is 2.01. The first-order valence-electron chi connectivity index (χ1n) is 6.57. The number of thiazole rings is 1. The van der Waals surface area contributed by atoms with E-state index in [9.17, 15) is 4.79 Å². The number of piperidine rings is 1. The molecule has 0 saturated carbocycles. The Bertz CT molecular complexity index is 385. The first-order valence-corrected chi connectivity index (χ1v) is 7.45. The van der Waals surface area contributed by atoms with E-state index >= 15 is 0 Å². The number of rotatable bonds is 4. The van der Waals surface area contributed by atoms with E-state index in [0.717, 1.165) is 37.4 Å². The lowest BCUT2D eigenvalue weighted by atomic mass is 9.81. The summed E-state index contributed by atoms with van der Waals surface area (Å²) in [6.07, 6.45) is 4.69. The van der Waals surface area contributed by atoms with E-state index in [2.05, 4.69) is 22.5 Å². The van der Waals surface area contributed by atoms with E-state index in [4.69, 9.17) is 0 Å². The van der Waals surface area contributed by atoms with Gasteiger partial charge in [-0.15, -0.1) is 11.3 Å². The highest BCUT2D eigenvalue weighted by Gasteiger charge is 2.35. The van der Waals surface area contributed by atoms with Gasteiger partial charge < -0.3 is 10.6 Å². The lowest BCUT2D eigenvalue weighted by Gasteiger charge is -2.33.